The Morgan fingerprint density at radius 2 is 2.11 bits per heavy atom. The van der Waals surface area contributed by atoms with E-state index in [4.69, 9.17) is 10.00 Å². The van der Waals surface area contributed by atoms with E-state index in [9.17, 15) is 0 Å². The van der Waals surface area contributed by atoms with Gasteiger partial charge in [0, 0.05) is 12.3 Å². The second kappa shape index (κ2) is 5.11. The number of aromatic nitrogens is 1. The molecule has 1 aliphatic rings. The van der Waals surface area contributed by atoms with Crippen molar-refractivity contribution in [3.8, 4) is 11.9 Å². The summed E-state index contributed by atoms with van der Waals surface area (Å²) in [5.74, 6) is 0.584. The molecule has 0 saturated carbocycles. The van der Waals surface area contributed by atoms with Crippen molar-refractivity contribution in [2.45, 2.75) is 25.4 Å². The first-order valence-electron chi connectivity index (χ1n) is 6.47. The molecule has 0 aliphatic heterocycles. The van der Waals surface area contributed by atoms with Crippen LogP contribution in [0.5, 0.6) is 5.88 Å². The number of benzene rings is 1. The SMILES string of the molecule is N#Cc1ccc(OC2CCCc3ccccc32)nc1. The summed E-state index contributed by atoms with van der Waals surface area (Å²) in [4.78, 5) is 4.17. The minimum atomic E-state index is 0.0744. The lowest BCUT2D eigenvalue weighted by Gasteiger charge is -2.25. The predicted octanol–water partition coefficient (Wildman–Crippen LogP) is 3.41. The Balaban J connectivity index is 1.82. The Hall–Kier alpha value is -2.34. The van der Waals surface area contributed by atoms with E-state index in [1.165, 1.54) is 11.1 Å². The molecule has 19 heavy (non-hydrogen) atoms. The maximum Gasteiger partial charge on any atom is 0.213 e. The summed E-state index contributed by atoms with van der Waals surface area (Å²) >= 11 is 0. The quantitative estimate of drug-likeness (QED) is 0.820. The maximum absolute atomic E-state index is 8.75. The van der Waals surface area contributed by atoms with Crippen LogP contribution in [0.15, 0.2) is 42.6 Å². The lowest BCUT2D eigenvalue weighted by Crippen LogP contribution is -2.15. The summed E-state index contributed by atoms with van der Waals surface area (Å²) in [5, 5.41) is 8.75. The van der Waals surface area contributed by atoms with Crippen LogP contribution in [-0.4, -0.2) is 4.98 Å². The molecule has 2 aromatic rings. The summed E-state index contributed by atoms with van der Waals surface area (Å²) in [5.41, 5.74) is 3.18. The van der Waals surface area contributed by atoms with E-state index in [1.54, 1.807) is 18.3 Å². The number of aryl methyl sites for hydroxylation is 1. The summed E-state index contributed by atoms with van der Waals surface area (Å²) in [7, 11) is 0. The normalized spacial score (nSPS) is 17.3. The van der Waals surface area contributed by atoms with E-state index in [2.05, 4.69) is 29.3 Å². The van der Waals surface area contributed by atoms with Crippen LogP contribution in [0.4, 0.5) is 0 Å². The molecule has 1 heterocycles. The first-order valence-corrected chi connectivity index (χ1v) is 6.47. The van der Waals surface area contributed by atoms with Gasteiger partial charge in [-0.1, -0.05) is 24.3 Å². The molecule has 0 spiro atoms. The van der Waals surface area contributed by atoms with Gasteiger partial charge in [0.05, 0.1) is 5.56 Å². The Morgan fingerprint density at radius 1 is 1.21 bits per heavy atom. The highest BCUT2D eigenvalue weighted by Crippen LogP contribution is 2.32. The Morgan fingerprint density at radius 3 is 2.89 bits per heavy atom. The van der Waals surface area contributed by atoms with E-state index in [-0.39, 0.29) is 6.10 Å². The zero-order valence-electron chi connectivity index (χ0n) is 10.5. The molecule has 0 N–H and O–H groups in total. The number of ether oxygens (including phenoxy) is 1. The molecule has 0 fully saturated rings. The number of hydrogen-bond acceptors (Lipinski definition) is 3. The lowest BCUT2D eigenvalue weighted by molar-refractivity contribution is 0.176. The van der Waals surface area contributed by atoms with Gasteiger partial charge >= 0.3 is 0 Å². The van der Waals surface area contributed by atoms with Crippen LogP contribution < -0.4 is 4.74 Å². The topological polar surface area (TPSA) is 45.9 Å². The van der Waals surface area contributed by atoms with Crippen molar-refractivity contribution in [1.29, 1.82) is 5.26 Å². The van der Waals surface area contributed by atoms with Gasteiger partial charge in [-0.05, 0) is 36.5 Å². The number of fused-ring (bicyclic) bond motifs is 1. The summed E-state index contributed by atoms with van der Waals surface area (Å²) in [6.45, 7) is 0. The molecule has 0 bridgehead atoms. The molecule has 0 radical (unpaired) electrons. The van der Waals surface area contributed by atoms with Gasteiger partial charge in [-0.3, -0.25) is 0 Å². The summed E-state index contributed by atoms with van der Waals surface area (Å²) in [6, 6.07) is 14.0. The first-order chi connectivity index (χ1) is 9.36. The molecule has 0 amide bonds. The summed E-state index contributed by atoms with van der Waals surface area (Å²) < 4.78 is 5.96. The van der Waals surface area contributed by atoms with E-state index in [1.807, 2.05) is 6.07 Å². The highest BCUT2D eigenvalue weighted by atomic mass is 16.5. The van der Waals surface area contributed by atoms with Gasteiger partial charge < -0.3 is 4.74 Å². The fraction of sp³-hybridized carbons (Fsp3) is 0.250. The van der Waals surface area contributed by atoms with Gasteiger partial charge in [0.25, 0.3) is 0 Å². The van der Waals surface area contributed by atoms with Crippen LogP contribution in [0, 0.1) is 11.3 Å². The maximum atomic E-state index is 8.75. The van der Waals surface area contributed by atoms with E-state index < -0.39 is 0 Å². The van der Waals surface area contributed by atoms with E-state index in [0.717, 1.165) is 19.3 Å². The average molecular weight is 250 g/mol. The smallest absolute Gasteiger partial charge is 0.213 e. The van der Waals surface area contributed by atoms with Crippen molar-refractivity contribution in [2.75, 3.05) is 0 Å². The van der Waals surface area contributed by atoms with Gasteiger partial charge in [-0.15, -0.1) is 0 Å². The third kappa shape index (κ3) is 2.43. The molecule has 1 aromatic carbocycles. The van der Waals surface area contributed by atoms with E-state index in [0.29, 0.717) is 11.4 Å². The highest BCUT2D eigenvalue weighted by molar-refractivity contribution is 5.33. The minimum absolute atomic E-state index is 0.0744. The molecule has 3 heteroatoms. The predicted molar refractivity (Wildman–Crippen MR) is 71.7 cm³/mol. The van der Waals surface area contributed by atoms with Gasteiger partial charge in [0.15, 0.2) is 0 Å². The second-order valence-electron chi connectivity index (χ2n) is 4.69. The van der Waals surface area contributed by atoms with Crippen LogP contribution in [-0.2, 0) is 6.42 Å². The van der Waals surface area contributed by atoms with Gasteiger partial charge in [-0.2, -0.15) is 5.26 Å². The van der Waals surface area contributed by atoms with E-state index >= 15 is 0 Å². The zero-order valence-corrected chi connectivity index (χ0v) is 10.5. The fourth-order valence-corrected chi connectivity index (χ4v) is 2.49. The second-order valence-corrected chi connectivity index (χ2v) is 4.69. The largest absolute Gasteiger partial charge is 0.469 e. The third-order valence-corrected chi connectivity index (χ3v) is 3.44. The zero-order chi connectivity index (χ0) is 13.1. The standard InChI is InChI=1S/C16H14N2O/c17-10-12-8-9-16(18-11-12)19-15-7-3-5-13-4-1-2-6-14(13)15/h1-2,4,6,8-9,11,15H,3,5,7H2. The molecule has 1 aromatic heterocycles. The van der Waals surface area contributed by atoms with Crippen LogP contribution in [0.3, 0.4) is 0 Å². The Bertz CT molecular complexity index is 613. The molecule has 1 aliphatic carbocycles. The Labute approximate surface area is 112 Å². The van der Waals surface area contributed by atoms with Crippen LogP contribution in [0.25, 0.3) is 0 Å². The van der Waals surface area contributed by atoms with Gasteiger partial charge in [0.2, 0.25) is 5.88 Å². The first kappa shape index (κ1) is 11.7. The molecule has 94 valence electrons. The average Bonchev–Trinajstić information content (AvgIpc) is 2.48. The van der Waals surface area contributed by atoms with Crippen LogP contribution in [0.1, 0.15) is 35.6 Å². The molecule has 1 atom stereocenters. The van der Waals surface area contributed by atoms with Crippen molar-refractivity contribution >= 4 is 0 Å². The van der Waals surface area contributed by atoms with Gasteiger partial charge in [-0.25, -0.2) is 4.98 Å². The molecular formula is C16H14N2O. The monoisotopic (exact) mass is 250 g/mol. The van der Waals surface area contributed by atoms with Crippen molar-refractivity contribution in [3.63, 3.8) is 0 Å². The van der Waals surface area contributed by atoms with Crippen LogP contribution >= 0.6 is 0 Å². The molecular weight excluding hydrogens is 236 g/mol. The highest BCUT2D eigenvalue weighted by Gasteiger charge is 2.21. The molecule has 3 rings (SSSR count). The minimum Gasteiger partial charge on any atom is -0.469 e. The Kier molecular flexibility index (Phi) is 3.16. The van der Waals surface area contributed by atoms with Crippen molar-refractivity contribution < 1.29 is 4.74 Å². The molecule has 1 unspecified atom stereocenters. The molecule has 0 saturated heterocycles. The number of rotatable bonds is 2. The third-order valence-electron chi connectivity index (χ3n) is 3.44. The lowest BCUT2D eigenvalue weighted by atomic mass is 9.89. The molecule has 3 nitrogen and oxygen atoms in total. The van der Waals surface area contributed by atoms with Crippen molar-refractivity contribution in [3.05, 3.63) is 59.3 Å². The number of nitrogens with zero attached hydrogens (tertiary/aromatic N) is 2. The van der Waals surface area contributed by atoms with Crippen molar-refractivity contribution in [1.82, 2.24) is 4.98 Å². The van der Waals surface area contributed by atoms with Gasteiger partial charge in [0.1, 0.15) is 12.2 Å². The van der Waals surface area contributed by atoms with Crippen LogP contribution in [0.2, 0.25) is 0 Å². The number of nitriles is 1. The number of hydrogen-bond donors (Lipinski definition) is 0. The fourth-order valence-electron chi connectivity index (χ4n) is 2.49. The van der Waals surface area contributed by atoms with Crippen molar-refractivity contribution in [2.24, 2.45) is 0 Å². The number of pyridine rings is 1. The summed E-state index contributed by atoms with van der Waals surface area (Å²) in [6.07, 6.45) is 4.89.